The highest BCUT2D eigenvalue weighted by atomic mass is 32.2. The molecular formula is C69H78N6O8S2. The minimum Gasteiger partial charge on any atom is -0.611 e. The summed E-state index contributed by atoms with van der Waals surface area (Å²) in [7, 11) is 0. The predicted molar refractivity (Wildman–Crippen MR) is 342 cm³/mol. The van der Waals surface area contributed by atoms with E-state index in [0.29, 0.717) is 71.6 Å². The lowest BCUT2D eigenvalue weighted by molar-refractivity contribution is -0.112. The maximum Gasteiger partial charge on any atom is 0.248 e. The molecule has 0 aliphatic heterocycles. The highest BCUT2D eigenvalue weighted by Crippen LogP contribution is 2.29. The first-order valence-electron chi connectivity index (χ1n) is 29.2. The Morgan fingerprint density at radius 1 is 0.553 bits per heavy atom. The lowest BCUT2D eigenvalue weighted by atomic mass is 9.99. The summed E-state index contributed by atoms with van der Waals surface area (Å²) < 4.78 is 54.1. The smallest absolute Gasteiger partial charge is 0.248 e. The van der Waals surface area contributed by atoms with Crippen LogP contribution in [0.1, 0.15) is 89.2 Å². The molecule has 0 aliphatic rings. The number of allylic oxidation sites excluding steroid dienone is 2. The summed E-state index contributed by atoms with van der Waals surface area (Å²) in [6, 6.07) is 46.4. The van der Waals surface area contributed by atoms with Crippen LogP contribution in [0.5, 0.6) is 11.5 Å². The molecule has 2 amide bonds. The molecule has 0 spiro atoms. The average molecular weight is 1180 g/mol. The molecule has 14 nitrogen and oxygen atoms in total. The zero-order valence-corrected chi connectivity index (χ0v) is 51.0. The Bertz CT molecular complexity index is 3420. The molecule has 0 radical (unpaired) electrons. The Balaban J connectivity index is 0.700. The Morgan fingerprint density at radius 2 is 1.01 bits per heavy atom. The van der Waals surface area contributed by atoms with Crippen molar-refractivity contribution in [1.82, 2.24) is 19.1 Å². The second kappa shape index (κ2) is 33.1. The van der Waals surface area contributed by atoms with Gasteiger partial charge in [-0.25, -0.2) is 9.97 Å². The first-order valence-corrected chi connectivity index (χ1v) is 31.8. The molecule has 2 heterocycles. The molecule has 0 saturated heterocycles. The van der Waals surface area contributed by atoms with E-state index in [1.807, 2.05) is 97.3 Å². The number of unbranched alkanes of at least 4 members (excludes halogenated alkanes) is 1. The topological polar surface area (TPSA) is 177 Å². The van der Waals surface area contributed by atoms with Gasteiger partial charge in [-0.2, -0.15) is 0 Å². The molecule has 8 rings (SSSR count). The maximum atomic E-state index is 13.5. The van der Waals surface area contributed by atoms with E-state index in [4.69, 9.17) is 18.9 Å². The average Bonchev–Trinajstić information content (AvgIpc) is 4.27. The molecule has 1 unspecified atom stereocenters. The Kier molecular flexibility index (Phi) is 24.7. The van der Waals surface area contributed by atoms with Gasteiger partial charge in [-0.1, -0.05) is 87.9 Å². The number of benzene rings is 6. The summed E-state index contributed by atoms with van der Waals surface area (Å²) >= 11 is -2.55. The monoisotopic (exact) mass is 1180 g/mol. The van der Waals surface area contributed by atoms with Crippen molar-refractivity contribution in [3.63, 3.8) is 0 Å². The fourth-order valence-corrected chi connectivity index (χ4v) is 11.7. The molecule has 3 atom stereocenters. The van der Waals surface area contributed by atoms with Gasteiger partial charge < -0.3 is 47.8 Å². The molecule has 0 bridgehead atoms. The van der Waals surface area contributed by atoms with Crippen LogP contribution in [-0.4, -0.2) is 79.7 Å². The number of imidazole rings is 2. The van der Waals surface area contributed by atoms with Crippen molar-refractivity contribution in [1.29, 1.82) is 0 Å². The van der Waals surface area contributed by atoms with Crippen molar-refractivity contribution in [2.75, 3.05) is 50.3 Å². The number of anilines is 2. The minimum absolute atomic E-state index is 0.247. The lowest BCUT2D eigenvalue weighted by Crippen LogP contribution is -2.14. The van der Waals surface area contributed by atoms with E-state index in [2.05, 4.69) is 64.1 Å². The predicted octanol–water partition coefficient (Wildman–Crippen LogP) is 14.2. The second-order valence-electron chi connectivity index (χ2n) is 21.0. The molecule has 2 aromatic heterocycles. The number of hydrogen-bond donors (Lipinski definition) is 2. The third kappa shape index (κ3) is 20.0. The molecular weight excluding hydrogens is 1100 g/mol. The summed E-state index contributed by atoms with van der Waals surface area (Å²) in [4.78, 5) is 36.1. The SMILES string of the molecule is CCCCOCCOc1ccc(-c2cccc(/C(C)=C/C(=O)Nc3ccc([S@@+]([O-])Cc4cncn4CC(C)CCCOCCOc4ccc(-c5cccc(/C(C)=C/C(=O)Nc6ccc([S@+]([O-])Cc7cncn7CCC)cc6)c5)cc4)cc3)c2)cc1. The van der Waals surface area contributed by atoms with E-state index in [9.17, 15) is 18.7 Å². The number of rotatable bonds is 33. The molecule has 0 aliphatic carbocycles. The highest BCUT2D eigenvalue weighted by Gasteiger charge is 2.19. The van der Waals surface area contributed by atoms with E-state index in [0.717, 1.165) is 119 Å². The second-order valence-corrected chi connectivity index (χ2v) is 23.9. The molecule has 8 aromatic rings. The van der Waals surface area contributed by atoms with Crippen molar-refractivity contribution in [3.05, 3.63) is 205 Å². The van der Waals surface area contributed by atoms with Crippen LogP contribution in [0.25, 0.3) is 33.4 Å². The highest BCUT2D eigenvalue weighted by molar-refractivity contribution is 7.91. The van der Waals surface area contributed by atoms with E-state index in [1.54, 1.807) is 85.7 Å². The third-order valence-corrected chi connectivity index (χ3v) is 16.9. The van der Waals surface area contributed by atoms with E-state index in [1.165, 1.54) is 0 Å². The molecule has 0 fully saturated rings. The fraction of sp³-hybridized carbons (Fsp3) is 0.304. The van der Waals surface area contributed by atoms with Gasteiger partial charge in [0.15, 0.2) is 21.3 Å². The number of hydrogen-bond acceptors (Lipinski definition) is 10. The van der Waals surface area contributed by atoms with Crippen LogP contribution >= 0.6 is 0 Å². The number of carbonyl (C=O) groups excluding carboxylic acids is 2. The molecule has 6 aromatic carbocycles. The van der Waals surface area contributed by atoms with Gasteiger partial charge in [0.25, 0.3) is 0 Å². The zero-order chi connectivity index (χ0) is 59.8. The number of nitrogens with zero attached hydrogens (tertiary/aromatic N) is 4. The molecule has 2 N–H and O–H groups in total. The first kappa shape index (κ1) is 63.3. The summed E-state index contributed by atoms with van der Waals surface area (Å²) in [5, 5.41) is 5.88. The third-order valence-electron chi connectivity index (χ3n) is 14.2. The number of aromatic nitrogens is 4. The largest absolute Gasteiger partial charge is 0.611 e. The van der Waals surface area contributed by atoms with Gasteiger partial charge in [0, 0.05) is 49.8 Å². The van der Waals surface area contributed by atoms with Crippen LogP contribution in [0, 0.1) is 5.92 Å². The number of amides is 2. The van der Waals surface area contributed by atoms with Crippen LogP contribution in [0.3, 0.4) is 0 Å². The van der Waals surface area contributed by atoms with Crippen molar-refractivity contribution >= 4 is 56.7 Å². The van der Waals surface area contributed by atoms with Crippen LogP contribution in [-0.2, 0) is 66.0 Å². The van der Waals surface area contributed by atoms with Crippen molar-refractivity contribution in [2.24, 2.45) is 5.92 Å². The fourth-order valence-electron chi connectivity index (χ4n) is 9.50. The van der Waals surface area contributed by atoms with Crippen LogP contribution in [0.15, 0.2) is 193 Å². The van der Waals surface area contributed by atoms with E-state index < -0.39 is 22.4 Å². The Labute approximate surface area is 507 Å². The standard InChI is InChI=1S/C69H78N6O8S2/c1-6-8-34-80-36-38-82-64-25-17-54(18-26-64)58-15-9-13-56(42-58)53(5)41-69(77)73-61-23-31-67(32-24-61)85(79)48-63-45-71-50-75(63)46-51(3)12-11-35-81-37-39-83-65-27-19-55(20-28-65)59-16-10-14-57(43-59)52(4)40-68(76)72-60-21-29-66(30-22-60)84(78)47-62-44-70-49-74(62)33-7-2/h9-10,13-32,40-45,49-51H,6-8,11-12,33-39,46-48H2,1-5H3,(H,72,76)(H,73,77)/b52-40+,53-41+/t51?,84-,85+/m1/s1. The molecule has 0 saturated carbocycles. The normalized spacial score (nSPS) is 12.8. The van der Waals surface area contributed by atoms with Crippen LogP contribution in [0.4, 0.5) is 11.4 Å². The number of nitrogens with one attached hydrogen (secondary N) is 2. The number of aryl methyl sites for hydroxylation is 1. The van der Waals surface area contributed by atoms with Gasteiger partial charge in [0.1, 0.15) is 24.7 Å². The summed E-state index contributed by atoms with van der Waals surface area (Å²) in [5.74, 6) is 2.11. The maximum absolute atomic E-state index is 13.5. The Morgan fingerprint density at radius 3 is 1.48 bits per heavy atom. The van der Waals surface area contributed by atoms with Gasteiger partial charge in [0.2, 0.25) is 11.8 Å². The van der Waals surface area contributed by atoms with Crippen molar-refractivity contribution in [3.8, 4) is 33.8 Å². The van der Waals surface area contributed by atoms with Crippen LogP contribution < -0.4 is 20.1 Å². The van der Waals surface area contributed by atoms with E-state index >= 15 is 0 Å². The summed E-state index contributed by atoms with van der Waals surface area (Å²) in [6.45, 7) is 15.2. The minimum atomic E-state index is -1.31. The molecule has 85 heavy (non-hydrogen) atoms. The zero-order valence-electron chi connectivity index (χ0n) is 49.4. The van der Waals surface area contributed by atoms with E-state index in [-0.39, 0.29) is 11.8 Å². The molecule has 16 heteroatoms. The van der Waals surface area contributed by atoms with Gasteiger partial charge in [-0.15, -0.1) is 0 Å². The lowest BCUT2D eigenvalue weighted by Gasteiger charge is -2.16. The van der Waals surface area contributed by atoms with Gasteiger partial charge in [0.05, 0.1) is 49.6 Å². The van der Waals surface area contributed by atoms with Crippen LogP contribution in [0.2, 0.25) is 0 Å². The molecule has 444 valence electrons. The first-order chi connectivity index (χ1) is 41.4. The quantitative estimate of drug-likeness (QED) is 0.0229. The van der Waals surface area contributed by atoms with Gasteiger partial charge >= 0.3 is 0 Å². The number of carbonyl (C=O) groups is 2. The number of ether oxygens (including phenoxy) is 4. The summed E-state index contributed by atoms with van der Waals surface area (Å²) in [6.07, 6.45) is 15.3. The van der Waals surface area contributed by atoms with Gasteiger partial charge in [-0.05, 0) is 197 Å². The van der Waals surface area contributed by atoms with Gasteiger partial charge in [-0.3, -0.25) is 9.59 Å². The van der Waals surface area contributed by atoms with Crippen molar-refractivity contribution in [2.45, 2.75) is 101 Å². The Hall–Kier alpha value is -7.70. The van der Waals surface area contributed by atoms with Crippen molar-refractivity contribution < 1.29 is 37.6 Å². The summed E-state index contributed by atoms with van der Waals surface area (Å²) in [5.41, 5.74) is 10.7.